The van der Waals surface area contributed by atoms with Crippen LogP contribution in [0.2, 0.25) is 0 Å². The lowest BCUT2D eigenvalue weighted by molar-refractivity contribution is -0.892. The summed E-state index contributed by atoms with van der Waals surface area (Å²) in [5.41, 5.74) is 3.76. The summed E-state index contributed by atoms with van der Waals surface area (Å²) in [6.45, 7) is 7.32. The van der Waals surface area contributed by atoms with Gasteiger partial charge in [-0.15, -0.1) is 0 Å². The van der Waals surface area contributed by atoms with Crippen molar-refractivity contribution in [2.45, 2.75) is 13.3 Å². The monoisotopic (exact) mass is 368 g/mol. The Hall–Kier alpha value is -2.53. The average molecular weight is 369 g/mol. The minimum atomic E-state index is 0.129. The summed E-state index contributed by atoms with van der Waals surface area (Å²) in [5.74, 6) is 1.01. The molecule has 0 radical (unpaired) electrons. The lowest BCUT2D eigenvalue weighted by Crippen LogP contribution is -3.16. The van der Waals surface area contributed by atoms with E-state index in [2.05, 4.69) is 41.4 Å². The summed E-state index contributed by atoms with van der Waals surface area (Å²) in [5, 5.41) is 3.05. The largest absolute Gasteiger partial charge is 0.496 e. The molecular formula is C22H30N3O2+. The van der Waals surface area contributed by atoms with E-state index in [1.165, 1.54) is 16.2 Å². The van der Waals surface area contributed by atoms with Gasteiger partial charge in [0, 0.05) is 12.2 Å². The first-order valence-electron chi connectivity index (χ1n) is 9.70. The van der Waals surface area contributed by atoms with Crippen LogP contribution in [-0.2, 0) is 11.2 Å². The van der Waals surface area contributed by atoms with Gasteiger partial charge in [-0.2, -0.15) is 0 Å². The molecular weight excluding hydrogens is 338 g/mol. The molecule has 0 atom stereocenters. The highest BCUT2D eigenvalue weighted by molar-refractivity contribution is 5.76. The van der Waals surface area contributed by atoms with Crippen LogP contribution in [0.4, 0.5) is 5.69 Å². The molecule has 1 aliphatic rings. The van der Waals surface area contributed by atoms with E-state index in [1.54, 1.807) is 7.11 Å². The molecule has 3 rings (SSSR count). The molecule has 0 unspecified atom stereocenters. The lowest BCUT2D eigenvalue weighted by atomic mass is 10.1. The standard InChI is InChI=1S/C22H29N3O2/c1-18-7-3-5-9-20(18)25-15-13-24(14-16-25)17-22(26)23-12-11-19-8-4-6-10-21(19)27-2/h3-10H,11-17H2,1-2H3,(H,23,26)/p+1. The molecule has 1 fully saturated rings. The number of carbonyl (C=O) groups excluding carboxylic acids is 1. The molecule has 1 saturated heterocycles. The number of para-hydroxylation sites is 2. The van der Waals surface area contributed by atoms with Gasteiger partial charge in [0.1, 0.15) is 5.75 Å². The van der Waals surface area contributed by atoms with E-state index in [9.17, 15) is 4.79 Å². The minimum absolute atomic E-state index is 0.129. The molecule has 2 aromatic carbocycles. The van der Waals surface area contributed by atoms with Crippen LogP contribution in [0.1, 0.15) is 11.1 Å². The molecule has 0 aliphatic carbocycles. The summed E-state index contributed by atoms with van der Waals surface area (Å²) in [4.78, 5) is 16.1. The van der Waals surface area contributed by atoms with E-state index in [4.69, 9.17) is 4.74 Å². The van der Waals surface area contributed by atoms with Gasteiger partial charge in [0.25, 0.3) is 5.91 Å². The third-order valence-electron chi connectivity index (χ3n) is 5.25. The van der Waals surface area contributed by atoms with Crippen molar-refractivity contribution in [2.75, 3.05) is 51.3 Å². The highest BCUT2D eigenvalue weighted by Crippen LogP contribution is 2.19. The van der Waals surface area contributed by atoms with Gasteiger partial charge >= 0.3 is 0 Å². The second kappa shape index (κ2) is 9.42. The van der Waals surface area contributed by atoms with E-state index >= 15 is 0 Å². The highest BCUT2D eigenvalue weighted by atomic mass is 16.5. The quantitative estimate of drug-likeness (QED) is 0.769. The Morgan fingerprint density at radius 3 is 2.56 bits per heavy atom. The second-order valence-electron chi connectivity index (χ2n) is 7.11. The molecule has 144 valence electrons. The Morgan fingerprint density at radius 1 is 1.11 bits per heavy atom. The van der Waals surface area contributed by atoms with E-state index in [0.29, 0.717) is 13.1 Å². The summed E-state index contributed by atoms with van der Waals surface area (Å²) >= 11 is 0. The predicted molar refractivity (Wildman–Crippen MR) is 109 cm³/mol. The summed E-state index contributed by atoms with van der Waals surface area (Å²) in [6.07, 6.45) is 0.784. The van der Waals surface area contributed by atoms with Crippen LogP contribution < -0.4 is 19.9 Å². The fraction of sp³-hybridized carbons (Fsp3) is 0.409. The number of rotatable bonds is 7. The number of hydrogen-bond acceptors (Lipinski definition) is 3. The molecule has 1 heterocycles. The van der Waals surface area contributed by atoms with Crippen molar-refractivity contribution >= 4 is 11.6 Å². The number of anilines is 1. The van der Waals surface area contributed by atoms with Gasteiger partial charge < -0.3 is 19.9 Å². The van der Waals surface area contributed by atoms with Crippen molar-refractivity contribution in [3.63, 3.8) is 0 Å². The fourth-order valence-electron chi connectivity index (χ4n) is 3.69. The van der Waals surface area contributed by atoms with Crippen molar-refractivity contribution in [3.05, 3.63) is 59.7 Å². The van der Waals surface area contributed by atoms with Crippen LogP contribution in [0.5, 0.6) is 5.75 Å². The molecule has 0 saturated carbocycles. The lowest BCUT2D eigenvalue weighted by Gasteiger charge is -2.34. The zero-order chi connectivity index (χ0) is 19.1. The molecule has 0 spiro atoms. The maximum Gasteiger partial charge on any atom is 0.275 e. The van der Waals surface area contributed by atoms with E-state index in [1.807, 2.05) is 24.3 Å². The van der Waals surface area contributed by atoms with Gasteiger partial charge in [-0.05, 0) is 36.6 Å². The average Bonchev–Trinajstić information content (AvgIpc) is 2.69. The Labute approximate surface area is 161 Å². The Kier molecular flexibility index (Phi) is 6.71. The predicted octanol–water partition coefficient (Wildman–Crippen LogP) is 1.07. The number of piperazine rings is 1. The topological polar surface area (TPSA) is 46.0 Å². The fourth-order valence-corrected chi connectivity index (χ4v) is 3.69. The third-order valence-corrected chi connectivity index (χ3v) is 5.25. The zero-order valence-corrected chi connectivity index (χ0v) is 16.3. The summed E-state index contributed by atoms with van der Waals surface area (Å²) in [6, 6.07) is 16.5. The maximum absolute atomic E-state index is 12.3. The molecule has 1 amide bonds. The minimum Gasteiger partial charge on any atom is -0.496 e. The van der Waals surface area contributed by atoms with Gasteiger partial charge in [-0.25, -0.2) is 0 Å². The van der Waals surface area contributed by atoms with Crippen molar-refractivity contribution in [2.24, 2.45) is 0 Å². The SMILES string of the molecule is COc1ccccc1CCNC(=O)C[NH+]1CCN(c2ccccc2C)CC1. The van der Waals surface area contributed by atoms with Crippen molar-refractivity contribution in [1.82, 2.24) is 5.32 Å². The first kappa shape index (κ1) is 19.2. The number of nitrogens with one attached hydrogen (secondary N) is 2. The molecule has 27 heavy (non-hydrogen) atoms. The van der Waals surface area contributed by atoms with Crippen molar-refractivity contribution in [3.8, 4) is 5.75 Å². The van der Waals surface area contributed by atoms with Crippen molar-refractivity contribution in [1.29, 1.82) is 0 Å². The number of nitrogens with zero attached hydrogens (tertiary/aromatic N) is 1. The first-order chi connectivity index (χ1) is 13.2. The molecule has 2 aromatic rings. The summed E-state index contributed by atoms with van der Waals surface area (Å²) in [7, 11) is 1.68. The molecule has 0 bridgehead atoms. The van der Waals surface area contributed by atoms with Gasteiger partial charge in [0.05, 0.1) is 33.3 Å². The van der Waals surface area contributed by atoms with Gasteiger partial charge in [0.2, 0.25) is 0 Å². The number of quaternary nitrogens is 1. The highest BCUT2D eigenvalue weighted by Gasteiger charge is 2.22. The molecule has 5 heteroatoms. The van der Waals surface area contributed by atoms with Crippen LogP contribution in [0.3, 0.4) is 0 Å². The second-order valence-corrected chi connectivity index (χ2v) is 7.11. The first-order valence-corrected chi connectivity index (χ1v) is 9.70. The Balaban J connectivity index is 1.40. The van der Waals surface area contributed by atoms with E-state index < -0.39 is 0 Å². The number of ether oxygens (including phenoxy) is 1. The Bertz CT molecular complexity index is 755. The van der Waals surface area contributed by atoms with Crippen molar-refractivity contribution < 1.29 is 14.4 Å². The van der Waals surface area contributed by atoms with Crippen LogP contribution in [0.25, 0.3) is 0 Å². The van der Waals surface area contributed by atoms with Gasteiger partial charge in [-0.3, -0.25) is 4.79 Å². The zero-order valence-electron chi connectivity index (χ0n) is 16.3. The molecule has 0 aromatic heterocycles. The van der Waals surface area contributed by atoms with Crippen LogP contribution >= 0.6 is 0 Å². The summed E-state index contributed by atoms with van der Waals surface area (Å²) < 4.78 is 5.36. The normalized spacial score (nSPS) is 14.8. The number of hydrogen-bond donors (Lipinski definition) is 2. The van der Waals surface area contributed by atoms with Crippen LogP contribution in [-0.4, -0.2) is 52.3 Å². The molecule has 1 aliphatic heterocycles. The molecule has 2 N–H and O–H groups in total. The molecule has 5 nitrogen and oxygen atoms in total. The third kappa shape index (κ3) is 5.23. The Morgan fingerprint density at radius 2 is 1.81 bits per heavy atom. The number of benzene rings is 2. The van der Waals surface area contributed by atoms with Crippen LogP contribution in [0, 0.1) is 6.92 Å². The number of amides is 1. The van der Waals surface area contributed by atoms with E-state index in [-0.39, 0.29) is 5.91 Å². The number of carbonyl (C=O) groups is 1. The number of aryl methyl sites for hydroxylation is 1. The number of methoxy groups -OCH3 is 1. The maximum atomic E-state index is 12.3. The van der Waals surface area contributed by atoms with Gasteiger partial charge in [-0.1, -0.05) is 36.4 Å². The smallest absolute Gasteiger partial charge is 0.275 e. The van der Waals surface area contributed by atoms with E-state index in [0.717, 1.165) is 43.9 Å². The van der Waals surface area contributed by atoms with Crippen LogP contribution in [0.15, 0.2) is 48.5 Å². The van der Waals surface area contributed by atoms with Gasteiger partial charge in [0.15, 0.2) is 6.54 Å².